The highest BCUT2D eigenvalue weighted by Gasteiger charge is 2.13. The maximum absolute atomic E-state index is 2.47. The number of aryl methyl sites for hydroxylation is 2. The van der Waals surface area contributed by atoms with Crippen LogP contribution in [-0.2, 0) is 13.0 Å². The van der Waals surface area contributed by atoms with E-state index < -0.39 is 0 Å². The molecular formula is C17H21ClN2. The van der Waals surface area contributed by atoms with Gasteiger partial charge in [-0.05, 0) is 18.4 Å². The van der Waals surface area contributed by atoms with Gasteiger partial charge in [-0.2, -0.15) is 0 Å². The van der Waals surface area contributed by atoms with Crippen molar-refractivity contribution in [3.05, 3.63) is 60.4 Å². The molecule has 1 aliphatic heterocycles. The van der Waals surface area contributed by atoms with Crippen LogP contribution >= 0.6 is 0 Å². The van der Waals surface area contributed by atoms with Crippen LogP contribution in [0.5, 0.6) is 0 Å². The molecule has 1 aromatic heterocycles. The Labute approximate surface area is 127 Å². The molecule has 0 bridgehead atoms. The first kappa shape index (κ1) is 14.9. The van der Waals surface area contributed by atoms with Crippen LogP contribution in [0.2, 0.25) is 0 Å². The monoisotopic (exact) mass is 288 g/mol. The molecular weight excluding hydrogens is 268 g/mol. The second-order valence-electron chi connectivity index (χ2n) is 5.22. The van der Waals surface area contributed by atoms with Gasteiger partial charge in [0, 0.05) is 37.3 Å². The average molecular weight is 289 g/mol. The number of hydrogen-bond donors (Lipinski definition) is 0. The first-order valence-electron chi connectivity index (χ1n) is 7.20. The van der Waals surface area contributed by atoms with Crippen LogP contribution in [0.25, 0.3) is 0 Å². The summed E-state index contributed by atoms with van der Waals surface area (Å²) in [6, 6.07) is 15.2. The molecule has 0 N–H and O–H groups in total. The van der Waals surface area contributed by atoms with Crippen LogP contribution in [0.3, 0.4) is 0 Å². The van der Waals surface area contributed by atoms with E-state index in [1.165, 1.54) is 37.2 Å². The van der Waals surface area contributed by atoms with Crippen LogP contribution in [0, 0.1) is 0 Å². The second kappa shape index (κ2) is 7.30. The minimum absolute atomic E-state index is 0. The van der Waals surface area contributed by atoms with Gasteiger partial charge in [-0.25, -0.2) is 4.57 Å². The first-order chi connectivity index (χ1) is 9.42. The third-order valence-electron chi connectivity index (χ3n) is 3.85. The van der Waals surface area contributed by atoms with Crippen molar-refractivity contribution in [2.24, 2.45) is 0 Å². The summed E-state index contributed by atoms with van der Waals surface area (Å²) in [5.41, 5.74) is 2.77. The molecule has 0 radical (unpaired) electrons. The lowest BCUT2D eigenvalue weighted by Gasteiger charge is -2.16. The number of anilines is 1. The molecule has 106 valence electrons. The van der Waals surface area contributed by atoms with Gasteiger partial charge in [0.15, 0.2) is 18.9 Å². The van der Waals surface area contributed by atoms with E-state index in [1.54, 1.807) is 0 Å². The van der Waals surface area contributed by atoms with E-state index in [0.29, 0.717) is 0 Å². The van der Waals surface area contributed by atoms with Crippen molar-refractivity contribution < 1.29 is 17.0 Å². The minimum atomic E-state index is 0. The number of rotatable bonds is 4. The van der Waals surface area contributed by atoms with Gasteiger partial charge in [0.1, 0.15) is 0 Å². The molecule has 0 amide bonds. The van der Waals surface area contributed by atoms with Gasteiger partial charge in [-0.1, -0.05) is 30.3 Å². The summed E-state index contributed by atoms with van der Waals surface area (Å²) >= 11 is 0. The molecule has 0 saturated carbocycles. The molecule has 2 heterocycles. The van der Waals surface area contributed by atoms with Crippen LogP contribution in [-0.4, -0.2) is 13.1 Å². The maximum atomic E-state index is 2.47. The lowest BCUT2D eigenvalue weighted by molar-refractivity contribution is -0.696. The second-order valence-corrected chi connectivity index (χ2v) is 5.22. The quantitative estimate of drug-likeness (QED) is 0.708. The van der Waals surface area contributed by atoms with Crippen LogP contribution in [0.1, 0.15) is 18.4 Å². The van der Waals surface area contributed by atoms with Crippen molar-refractivity contribution in [3.63, 3.8) is 0 Å². The Kier molecular flexibility index (Phi) is 5.42. The molecule has 2 aromatic rings. The maximum Gasteiger partial charge on any atom is 0.170 e. The first-order valence-corrected chi connectivity index (χ1v) is 7.20. The zero-order valence-electron chi connectivity index (χ0n) is 11.7. The Morgan fingerprint density at radius 1 is 0.900 bits per heavy atom. The Balaban J connectivity index is 0.00000147. The standard InChI is InChI=1S/C17H21N2.ClH/c1-2-6-16(7-3-1)8-13-18-14-9-17(10-15-18)19-11-4-5-12-19;/h1-3,6-7,9-10,14-15H,4-5,8,11-13H2;1H/q+1;/p-1. The molecule has 1 aromatic carbocycles. The lowest BCUT2D eigenvalue weighted by Crippen LogP contribution is -3.00. The largest absolute Gasteiger partial charge is 1.00 e. The molecule has 1 aliphatic rings. The van der Waals surface area contributed by atoms with Crippen molar-refractivity contribution >= 4 is 5.69 Å². The fourth-order valence-electron chi connectivity index (χ4n) is 2.69. The molecule has 2 nitrogen and oxygen atoms in total. The zero-order chi connectivity index (χ0) is 12.9. The minimum Gasteiger partial charge on any atom is -1.00 e. The lowest BCUT2D eigenvalue weighted by atomic mass is 10.1. The van der Waals surface area contributed by atoms with E-state index in [0.717, 1.165) is 13.0 Å². The number of aromatic nitrogens is 1. The zero-order valence-corrected chi connectivity index (χ0v) is 12.5. The molecule has 0 aliphatic carbocycles. The fourth-order valence-corrected chi connectivity index (χ4v) is 2.69. The van der Waals surface area contributed by atoms with E-state index >= 15 is 0 Å². The molecule has 0 unspecified atom stereocenters. The highest BCUT2D eigenvalue weighted by atomic mass is 35.5. The van der Waals surface area contributed by atoms with Gasteiger partial charge < -0.3 is 17.3 Å². The Morgan fingerprint density at radius 3 is 2.20 bits per heavy atom. The predicted octanol–water partition coefficient (Wildman–Crippen LogP) is -0.179. The number of pyridine rings is 1. The highest BCUT2D eigenvalue weighted by Crippen LogP contribution is 2.17. The van der Waals surface area contributed by atoms with Gasteiger partial charge in [-0.3, -0.25) is 0 Å². The van der Waals surface area contributed by atoms with Crippen LogP contribution in [0.15, 0.2) is 54.9 Å². The van der Waals surface area contributed by atoms with Crippen molar-refractivity contribution in [3.8, 4) is 0 Å². The van der Waals surface area contributed by atoms with Crippen molar-refractivity contribution in [2.45, 2.75) is 25.8 Å². The number of nitrogens with zero attached hydrogens (tertiary/aromatic N) is 2. The normalized spacial score (nSPS) is 14.1. The Bertz CT molecular complexity index is 504. The van der Waals surface area contributed by atoms with Crippen molar-refractivity contribution in [2.75, 3.05) is 18.0 Å². The third kappa shape index (κ3) is 3.73. The van der Waals surface area contributed by atoms with E-state index in [9.17, 15) is 0 Å². The summed E-state index contributed by atoms with van der Waals surface area (Å²) < 4.78 is 2.27. The average Bonchev–Trinajstić information content (AvgIpc) is 3.01. The molecule has 20 heavy (non-hydrogen) atoms. The summed E-state index contributed by atoms with van der Waals surface area (Å²) in [7, 11) is 0. The smallest absolute Gasteiger partial charge is 0.170 e. The number of hydrogen-bond acceptors (Lipinski definition) is 1. The van der Waals surface area contributed by atoms with Crippen LogP contribution in [0.4, 0.5) is 5.69 Å². The summed E-state index contributed by atoms with van der Waals surface area (Å²) in [5.74, 6) is 0. The van der Waals surface area contributed by atoms with Gasteiger partial charge >= 0.3 is 0 Å². The molecule has 0 spiro atoms. The predicted molar refractivity (Wildman–Crippen MR) is 78.2 cm³/mol. The van der Waals surface area contributed by atoms with E-state index in [-0.39, 0.29) is 12.4 Å². The van der Waals surface area contributed by atoms with Gasteiger partial charge in [-0.15, -0.1) is 0 Å². The highest BCUT2D eigenvalue weighted by molar-refractivity contribution is 5.44. The molecule has 3 heteroatoms. The summed E-state index contributed by atoms with van der Waals surface area (Å²) in [4.78, 5) is 2.47. The van der Waals surface area contributed by atoms with Gasteiger partial charge in [0.2, 0.25) is 0 Å². The number of benzene rings is 1. The van der Waals surface area contributed by atoms with Crippen molar-refractivity contribution in [1.29, 1.82) is 0 Å². The summed E-state index contributed by atoms with van der Waals surface area (Å²) in [6.45, 7) is 3.48. The van der Waals surface area contributed by atoms with Gasteiger partial charge in [0.25, 0.3) is 0 Å². The topological polar surface area (TPSA) is 7.12 Å². The van der Waals surface area contributed by atoms with E-state index in [4.69, 9.17) is 0 Å². The van der Waals surface area contributed by atoms with Gasteiger partial charge in [0.05, 0.1) is 0 Å². The SMILES string of the molecule is [Cl-].c1ccc(CC[n+]2ccc(N3CCCC3)cc2)cc1. The molecule has 1 saturated heterocycles. The van der Waals surface area contributed by atoms with Crippen molar-refractivity contribution in [1.82, 2.24) is 0 Å². The molecule has 1 fully saturated rings. The molecule has 0 atom stereocenters. The Morgan fingerprint density at radius 2 is 1.55 bits per heavy atom. The summed E-state index contributed by atoms with van der Waals surface area (Å²) in [5, 5.41) is 0. The third-order valence-corrected chi connectivity index (χ3v) is 3.85. The molecule has 3 rings (SSSR count). The fraction of sp³-hybridized carbons (Fsp3) is 0.353. The van der Waals surface area contributed by atoms with E-state index in [1.807, 2.05) is 0 Å². The van der Waals surface area contributed by atoms with E-state index in [2.05, 4.69) is 64.3 Å². The number of halogens is 1. The van der Waals surface area contributed by atoms with Crippen LogP contribution < -0.4 is 21.9 Å². The Hall–Kier alpha value is -1.54. The summed E-state index contributed by atoms with van der Waals surface area (Å²) in [6.07, 6.45) is 8.17.